The quantitative estimate of drug-likeness (QED) is 0.191. The Bertz CT molecular complexity index is 1370. The maximum Gasteiger partial charge on any atom is 0.333 e. The summed E-state index contributed by atoms with van der Waals surface area (Å²) in [4.78, 5) is 21.9. The van der Waals surface area contributed by atoms with Gasteiger partial charge in [-0.1, -0.05) is 35.3 Å². The van der Waals surface area contributed by atoms with E-state index in [-0.39, 0.29) is 29.6 Å². The molecule has 2 aromatic heterocycles. The Morgan fingerprint density at radius 2 is 2.06 bits per heavy atom. The van der Waals surface area contributed by atoms with Gasteiger partial charge < -0.3 is 16.2 Å². The predicted molar refractivity (Wildman–Crippen MR) is 137 cm³/mol. The number of carbonyl (C=O) groups is 1. The van der Waals surface area contributed by atoms with Gasteiger partial charge in [0.05, 0.1) is 26.9 Å². The fraction of sp³-hybridized carbons (Fsp3) is 0.273. The van der Waals surface area contributed by atoms with Crippen molar-refractivity contribution in [2.45, 2.75) is 31.0 Å². The van der Waals surface area contributed by atoms with E-state index in [1.807, 2.05) is 10.8 Å². The molecule has 14 heteroatoms. The number of benzene rings is 1. The van der Waals surface area contributed by atoms with Crippen LogP contribution >= 0.6 is 34.5 Å². The van der Waals surface area contributed by atoms with Crippen molar-refractivity contribution >= 4 is 56.4 Å². The lowest BCUT2D eigenvalue weighted by Crippen LogP contribution is -2.27. The van der Waals surface area contributed by atoms with Crippen LogP contribution in [0.15, 0.2) is 42.9 Å². The monoisotopic (exact) mass is 570 g/mol. The molecule has 1 radical (unpaired) electrons. The molecule has 10 nitrogen and oxygen atoms in total. The van der Waals surface area contributed by atoms with Crippen LogP contribution < -0.4 is 15.8 Å². The van der Waals surface area contributed by atoms with Crippen LogP contribution in [0.1, 0.15) is 45.2 Å². The zero-order chi connectivity index (χ0) is 26.0. The number of nitrogens with zero attached hydrogens (tertiary/aromatic N) is 2. The SMILES string of the molecule is N[C@H](c1cccc(Cl)c1)c1cc(C(=O)c2cncnc2N[C@H]2C[C@H](O)[C@@H]([CH]NS(=O)(=O)O)C2)sc1Cl. The van der Waals surface area contributed by atoms with Crippen molar-refractivity contribution in [1.82, 2.24) is 14.7 Å². The van der Waals surface area contributed by atoms with Crippen molar-refractivity contribution in [1.29, 1.82) is 0 Å². The minimum atomic E-state index is -4.42. The van der Waals surface area contributed by atoms with Gasteiger partial charge in [-0.15, -0.1) is 11.3 Å². The molecule has 0 saturated heterocycles. The molecule has 36 heavy (non-hydrogen) atoms. The Labute approximate surface area is 221 Å². The molecule has 191 valence electrons. The van der Waals surface area contributed by atoms with Crippen molar-refractivity contribution in [2.24, 2.45) is 11.7 Å². The number of hydrogen-bond acceptors (Lipinski definition) is 9. The molecule has 6 N–H and O–H groups in total. The molecule has 1 fully saturated rings. The van der Waals surface area contributed by atoms with Crippen LogP contribution in [-0.4, -0.2) is 46.0 Å². The number of carbonyl (C=O) groups excluding carboxylic acids is 1. The summed E-state index contributed by atoms with van der Waals surface area (Å²) in [5.41, 5.74) is 7.93. The number of ketones is 1. The van der Waals surface area contributed by atoms with Gasteiger partial charge >= 0.3 is 10.3 Å². The van der Waals surface area contributed by atoms with Gasteiger partial charge in [-0.3, -0.25) is 9.35 Å². The molecule has 2 heterocycles. The van der Waals surface area contributed by atoms with Crippen LogP contribution in [0.25, 0.3) is 0 Å². The molecule has 0 spiro atoms. The number of rotatable bonds is 9. The topological polar surface area (TPSA) is 168 Å². The van der Waals surface area contributed by atoms with E-state index in [9.17, 15) is 18.3 Å². The zero-order valence-electron chi connectivity index (χ0n) is 18.5. The second-order valence-corrected chi connectivity index (χ2v) is 11.6. The number of aliphatic hydroxyl groups is 1. The third-order valence-electron chi connectivity index (χ3n) is 5.79. The first-order valence-corrected chi connectivity index (χ1v) is 13.7. The van der Waals surface area contributed by atoms with E-state index in [0.717, 1.165) is 23.4 Å². The van der Waals surface area contributed by atoms with Gasteiger partial charge in [0.25, 0.3) is 0 Å². The average molecular weight is 571 g/mol. The van der Waals surface area contributed by atoms with E-state index in [4.69, 9.17) is 33.5 Å². The average Bonchev–Trinajstić information content (AvgIpc) is 3.38. The molecule has 1 aromatic carbocycles. The van der Waals surface area contributed by atoms with E-state index >= 15 is 0 Å². The fourth-order valence-corrected chi connectivity index (χ4v) is 5.89. The number of aliphatic hydroxyl groups excluding tert-OH is 1. The van der Waals surface area contributed by atoms with Crippen LogP contribution in [0.3, 0.4) is 0 Å². The first-order chi connectivity index (χ1) is 17.0. The summed E-state index contributed by atoms with van der Waals surface area (Å²) in [6, 6.07) is 7.83. The lowest BCUT2D eigenvalue weighted by atomic mass is 10.0. The molecule has 1 aliphatic rings. The Balaban J connectivity index is 1.51. The lowest BCUT2D eigenvalue weighted by Gasteiger charge is -2.15. The second kappa shape index (κ2) is 11.1. The summed E-state index contributed by atoms with van der Waals surface area (Å²) in [5.74, 6) is -0.637. The number of nitrogens with two attached hydrogens (primary N) is 1. The standard InChI is InChI=1S/C22H22Cl2N5O5S2/c23-13-3-1-2-11(4-13)19(25)15-7-18(35-21(15)24)20(31)16-9-26-10-27-22(16)29-14-5-12(17(30)6-14)8-28-36(32,33)34/h1-4,7-10,12,14,17,19,28,30H,5-6,25H2,(H,26,27,29)(H,32,33,34)/t12-,14-,17+,19-/m1/s1. The normalized spacial score (nSPS) is 20.9. The third-order valence-corrected chi connectivity index (χ3v) is 7.84. The molecule has 1 aliphatic carbocycles. The van der Waals surface area contributed by atoms with E-state index in [2.05, 4.69) is 15.3 Å². The zero-order valence-corrected chi connectivity index (χ0v) is 21.7. The molecule has 3 aromatic rings. The molecular formula is C22H22Cl2N5O5S2. The summed E-state index contributed by atoms with van der Waals surface area (Å²) in [5, 5.41) is 13.9. The van der Waals surface area contributed by atoms with Gasteiger partial charge in [0.15, 0.2) is 0 Å². The molecule has 0 unspecified atom stereocenters. The highest BCUT2D eigenvalue weighted by Crippen LogP contribution is 2.36. The summed E-state index contributed by atoms with van der Waals surface area (Å²) in [6.07, 6.45) is 2.43. The van der Waals surface area contributed by atoms with Gasteiger partial charge in [0.1, 0.15) is 12.1 Å². The largest absolute Gasteiger partial charge is 0.393 e. The van der Waals surface area contributed by atoms with Gasteiger partial charge in [-0.2, -0.15) is 13.1 Å². The molecular weight excluding hydrogens is 549 g/mol. The molecule has 4 atom stereocenters. The summed E-state index contributed by atoms with van der Waals surface area (Å²) in [7, 11) is -4.42. The van der Waals surface area contributed by atoms with Crippen LogP contribution in [0.5, 0.6) is 0 Å². The van der Waals surface area contributed by atoms with Crippen LogP contribution in [0.2, 0.25) is 9.36 Å². The van der Waals surface area contributed by atoms with Gasteiger partial charge in [-0.25, -0.2) is 9.97 Å². The van der Waals surface area contributed by atoms with Crippen molar-refractivity contribution in [2.75, 3.05) is 5.32 Å². The Hall–Kier alpha value is -2.16. The third kappa shape index (κ3) is 6.39. The van der Waals surface area contributed by atoms with Crippen molar-refractivity contribution in [3.05, 3.63) is 80.3 Å². The van der Waals surface area contributed by atoms with Crippen LogP contribution in [0.4, 0.5) is 5.82 Å². The first kappa shape index (κ1) is 26.9. The minimum Gasteiger partial charge on any atom is -0.393 e. The highest BCUT2D eigenvalue weighted by Gasteiger charge is 2.34. The highest BCUT2D eigenvalue weighted by molar-refractivity contribution is 7.83. The van der Waals surface area contributed by atoms with Gasteiger partial charge in [0, 0.05) is 35.3 Å². The maximum absolute atomic E-state index is 13.4. The maximum atomic E-state index is 13.4. The molecule has 0 bridgehead atoms. The van der Waals surface area contributed by atoms with Crippen LogP contribution in [0, 0.1) is 12.5 Å². The number of halogens is 2. The smallest absolute Gasteiger partial charge is 0.333 e. The van der Waals surface area contributed by atoms with E-state index < -0.39 is 28.4 Å². The number of anilines is 1. The Morgan fingerprint density at radius 1 is 1.28 bits per heavy atom. The summed E-state index contributed by atoms with van der Waals surface area (Å²) < 4.78 is 33.0. The Morgan fingerprint density at radius 3 is 2.78 bits per heavy atom. The summed E-state index contributed by atoms with van der Waals surface area (Å²) >= 11 is 13.6. The molecule has 4 rings (SSSR count). The van der Waals surface area contributed by atoms with Crippen molar-refractivity contribution in [3.63, 3.8) is 0 Å². The van der Waals surface area contributed by atoms with Gasteiger partial charge in [0.2, 0.25) is 5.78 Å². The van der Waals surface area contributed by atoms with E-state index in [0.29, 0.717) is 26.2 Å². The van der Waals surface area contributed by atoms with Crippen molar-refractivity contribution in [3.8, 4) is 0 Å². The summed E-state index contributed by atoms with van der Waals surface area (Å²) in [6.45, 7) is 1.13. The van der Waals surface area contributed by atoms with Crippen LogP contribution in [-0.2, 0) is 10.3 Å². The number of thiophene rings is 1. The molecule has 1 saturated carbocycles. The second-order valence-electron chi connectivity index (χ2n) is 8.29. The van der Waals surface area contributed by atoms with E-state index in [1.165, 1.54) is 12.5 Å². The lowest BCUT2D eigenvalue weighted by molar-refractivity contribution is 0.104. The predicted octanol–water partition coefficient (Wildman–Crippen LogP) is 3.23. The van der Waals surface area contributed by atoms with Gasteiger partial charge in [-0.05, 0) is 36.6 Å². The van der Waals surface area contributed by atoms with Crippen molar-refractivity contribution < 1.29 is 22.9 Å². The minimum absolute atomic E-state index is 0.205. The number of aromatic nitrogens is 2. The molecule has 0 amide bonds. The highest BCUT2D eigenvalue weighted by atomic mass is 35.5. The Kier molecular flexibility index (Phi) is 8.27. The fourth-order valence-electron chi connectivity index (χ4n) is 4.04. The first-order valence-electron chi connectivity index (χ1n) is 10.7. The molecule has 0 aliphatic heterocycles. The number of hydrogen-bond donors (Lipinski definition) is 5. The van der Waals surface area contributed by atoms with E-state index in [1.54, 1.807) is 24.3 Å². The number of nitrogens with one attached hydrogen (secondary N) is 2.